The van der Waals surface area contributed by atoms with Gasteiger partial charge in [0.2, 0.25) is 0 Å². The van der Waals surface area contributed by atoms with E-state index in [1.807, 2.05) is 11.3 Å². The highest BCUT2D eigenvalue weighted by atomic mass is 32.1. The normalized spacial score (nSPS) is 12.5. The Kier molecular flexibility index (Phi) is 3.61. The molecule has 2 rings (SSSR count). The Balaban J connectivity index is 2.11. The van der Waals surface area contributed by atoms with Crippen LogP contribution in [0.2, 0.25) is 0 Å². The maximum Gasteiger partial charge on any atom is 0.0386 e. The summed E-state index contributed by atoms with van der Waals surface area (Å²) in [7, 11) is 0. The highest BCUT2D eigenvalue weighted by Crippen LogP contribution is 2.29. The second-order valence-electron chi connectivity index (χ2n) is 3.82. The van der Waals surface area contributed by atoms with E-state index in [0.717, 1.165) is 13.0 Å². The summed E-state index contributed by atoms with van der Waals surface area (Å²) in [4.78, 5) is 1.37. The van der Waals surface area contributed by atoms with E-state index in [-0.39, 0.29) is 0 Å². The fourth-order valence-electron chi connectivity index (χ4n) is 1.68. The van der Waals surface area contributed by atoms with Gasteiger partial charge < -0.3 is 5.32 Å². The van der Waals surface area contributed by atoms with E-state index in [0.29, 0.717) is 6.04 Å². The fraction of sp³-hybridized carbons (Fsp3) is 0.286. The first-order valence-electron chi connectivity index (χ1n) is 5.46. The Morgan fingerprint density at radius 2 is 2.25 bits per heavy atom. The van der Waals surface area contributed by atoms with E-state index in [1.165, 1.54) is 15.0 Å². The topological polar surface area (TPSA) is 12.0 Å². The first kappa shape index (κ1) is 11.2. The number of terminal acetylenes is 1. The molecule has 0 aliphatic carbocycles. The molecule has 0 aliphatic heterocycles. The number of thiophene rings is 1. The average molecular weight is 229 g/mol. The summed E-state index contributed by atoms with van der Waals surface area (Å²) in [5.74, 6) is 2.64. The summed E-state index contributed by atoms with van der Waals surface area (Å²) in [6, 6.07) is 11.1. The number of hydrogen-bond acceptors (Lipinski definition) is 2. The molecule has 1 heterocycles. The van der Waals surface area contributed by atoms with E-state index in [9.17, 15) is 0 Å². The van der Waals surface area contributed by atoms with Crippen LogP contribution in [0, 0.1) is 12.3 Å². The molecule has 0 radical (unpaired) electrons. The molecule has 0 saturated heterocycles. The Morgan fingerprint density at radius 3 is 3.00 bits per heavy atom. The van der Waals surface area contributed by atoms with Crippen LogP contribution >= 0.6 is 11.3 Å². The van der Waals surface area contributed by atoms with Crippen molar-refractivity contribution in [1.82, 2.24) is 5.32 Å². The molecule has 2 aromatic rings. The van der Waals surface area contributed by atoms with Crippen molar-refractivity contribution >= 4 is 21.4 Å². The van der Waals surface area contributed by atoms with Crippen molar-refractivity contribution < 1.29 is 0 Å². The number of fused-ring (bicyclic) bond motifs is 1. The Bertz CT molecular complexity index is 474. The molecule has 82 valence electrons. The highest BCUT2D eigenvalue weighted by Gasteiger charge is 2.07. The highest BCUT2D eigenvalue weighted by molar-refractivity contribution is 7.19. The van der Waals surface area contributed by atoms with Gasteiger partial charge in [0.25, 0.3) is 0 Å². The molecule has 1 unspecified atom stereocenters. The molecule has 1 aromatic carbocycles. The van der Waals surface area contributed by atoms with Crippen molar-refractivity contribution in [3.8, 4) is 12.3 Å². The smallest absolute Gasteiger partial charge is 0.0386 e. The molecule has 0 saturated carbocycles. The van der Waals surface area contributed by atoms with Gasteiger partial charge >= 0.3 is 0 Å². The third-order valence-corrected chi connectivity index (χ3v) is 3.89. The first-order chi connectivity index (χ1) is 7.81. The van der Waals surface area contributed by atoms with Crippen LogP contribution in [-0.4, -0.2) is 6.54 Å². The van der Waals surface area contributed by atoms with Crippen molar-refractivity contribution in [2.24, 2.45) is 0 Å². The summed E-state index contributed by atoms with van der Waals surface area (Å²) >= 11 is 1.85. The van der Waals surface area contributed by atoms with Gasteiger partial charge in [-0.2, -0.15) is 0 Å². The zero-order chi connectivity index (χ0) is 11.4. The standard InChI is InChI=1S/C14H15NS/c1-3-4-9-15-11(2)14-10-12-7-5-6-8-13(12)16-14/h1,5-8,10-11,15H,4,9H2,2H3. The number of nitrogens with one attached hydrogen (secondary N) is 1. The lowest BCUT2D eigenvalue weighted by Gasteiger charge is -2.09. The number of hydrogen-bond donors (Lipinski definition) is 1. The first-order valence-corrected chi connectivity index (χ1v) is 6.28. The SMILES string of the molecule is C#CCCNC(C)c1cc2ccccc2s1. The van der Waals surface area contributed by atoms with Gasteiger partial charge in [-0.25, -0.2) is 0 Å². The largest absolute Gasteiger partial charge is 0.309 e. The molecule has 1 N–H and O–H groups in total. The molecule has 0 spiro atoms. The lowest BCUT2D eigenvalue weighted by Crippen LogP contribution is -2.18. The molecule has 2 heteroatoms. The second-order valence-corrected chi connectivity index (χ2v) is 4.93. The van der Waals surface area contributed by atoms with E-state index < -0.39 is 0 Å². The van der Waals surface area contributed by atoms with E-state index in [1.54, 1.807) is 0 Å². The van der Waals surface area contributed by atoms with Crippen LogP contribution in [-0.2, 0) is 0 Å². The van der Waals surface area contributed by atoms with Gasteiger partial charge in [-0.3, -0.25) is 0 Å². The molecule has 0 aliphatic rings. The monoisotopic (exact) mass is 229 g/mol. The molecular weight excluding hydrogens is 214 g/mol. The zero-order valence-corrected chi connectivity index (χ0v) is 10.2. The minimum atomic E-state index is 0.380. The third-order valence-electron chi connectivity index (χ3n) is 2.59. The number of rotatable bonds is 4. The molecule has 16 heavy (non-hydrogen) atoms. The summed E-state index contributed by atoms with van der Waals surface area (Å²) in [5, 5.41) is 4.76. The van der Waals surface area contributed by atoms with Crippen LogP contribution in [0.15, 0.2) is 30.3 Å². The Morgan fingerprint density at radius 1 is 1.44 bits per heavy atom. The van der Waals surface area contributed by atoms with Crippen LogP contribution in [0.5, 0.6) is 0 Å². The summed E-state index contributed by atoms with van der Waals surface area (Å²) in [6.45, 7) is 3.06. The Hall–Kier alpha value is -1.30. The van der Waals surface area contributed by atoms with Gasteiger partial charge in [-0.1, -0.05) is 18.2 Å². The summed E-state index contributed by atoms with van der Waals surface area (Å²) in [5.41, 5.74) is 0. The van der Waals surface area contributed by atoms with E-state index in [2.05, 4.69) is 48.5 Å². The zero-order valence-electron chi connectivity index (χ0n) is 9.36. The molecule has 0 bridgehead atoms. The van der Waals surface area contributed by atoms with Crippen molar-refractivity contribution in [2.45, 2.75) is 19.4 Å². The third kappa shape index (κ3) is 2.44. The summed E-state index contributed by atoms with van der Waals surface area (Å²) in [6.07, 6.45) is 6.01. The predicted molar refractivity (Wildman–Crippen MR) is 71.7 cm³/mol. The van der Waals surface area contributed by atoms with Gasteiger partial charge in [-0.05, 0) is 24.4 Å². The average Bonchev–Trinajstić information content (AvgIpc) is 2.73. The molecular formula is C14H15NS. The lowest BCUT2D eigenvalue weighted by atomic mass is 10.2. The van der Waals surface area contributed by atoms with Crippen molar-refractivity contribution in [3.05, 3.63) is 35.2 Å². The van der Waals surface area contributed by atoms with Gasteiger partial charge in [-0.15, -0.1) is 23.7 Å². The van der Waals surface area contributed by atoms with Gasteiger partial charge in [0.15, 0.2) is 0 Å². The maximum atomic E-state index is 5.23. The molecule has 1 nitrogen and oxygen atoms in total. The quantitative estimate of drug-likeness (QED) is 0.624. The van der Waals surface area contributed by atoms with Crippen molar-refractivity contribution in [2.75, 3.05) is 6.54 Å². The van der Waals surface area contributed by atoms with Crippen molar-refractivity contribution in [3.63, 3.8) is 0 Å². The minimum Gasteiger partial charge on any atom is -0.309 e. The summed E-state index contributed by atoms with van der Waals surface area (Å²) < 4.78 is 1.35. The predicted octanol–water partition coefficient (Wildman–Crippen LogP) is 3.58. The van der Waals surface area contributed by atoms with Crippen LogP contribution in [0.1, 0.15) is 24.3 Å². The van der Waals surface area contributed by atoms with Gasteiger partial charge in [0.1, 0.15) is 0 Å². The van der Waals surface area contributed by atoms with Crippen molar-refractivity contribution in [1.29, 1.82) is 0 Å². The van der Waals surface area contributed by atoms with Gasteiger partial charge in [0, 0.05) is 28.6 Å². The molecule has 1 aromatic heterocycles. The van der Waals surface area contributed by atoms with Gasteiger partial charge in [0.05, 0.1) is 0 Å². The van der Waals surface area contributed by atoms with Crippen LogP contribution in [0.25, 0.3) is 10.1 Å². The maximum absolute atomic E-state index is 5.23. The molecule has 0 amide bonds. The van der Waals surface area contributed by atoms with E-state index in [4.69, 9.17) is 6.42 Å². The molecule has 1 atom stereocenters. The fourth-order valence-corrected chi connectivity index (χ4v) is 2.77. The molecule has 0 fully saturated rings. The number of benzene rings is 1. The lowest BCUT2D eigenvalue weighted by molar-refractivity contribution is 0.593. The minimum absolute atomic E-state index is 0.380. The second kappa shape index (κ2) is 5.16. The van der Waals surface area contributed by atoms with E-state index >= 15 is 0 Å². The van der Waals surface area contributed by atoms with Crippen LogP contribution in [0.3, 0.4) is 0 Å². The Labute approximate surface area is 100 Å². The van der Waals surface area contributed by atoms with Crippen LogP contribution < -0.4 is 5.32 Å². The van der Waals surface area contributed by atoms with Crippen LogP contribution in [0.4, 0.5) is 0 Å².